The molecule has 0 aliphatic carbocycles. The van der Waals surface area contributed by atoms with Gasteiger partial charge in [0.05, 0.1) is 11.6 Å². The van der Waals surface area contributed by atoms with Crippen molar-refractivity contribution in [3.8, 4) is 11.5 Å². The molecule has 174 valence electrons. The molecule has 1 saturated heterocycles. The van der Waals surface area contributed by atoms with Crippen LogP contribution >= 0.6 is 11.6 Å². The number of benzene rings is 2. The Morgan fingerprint density at radius 2 is 1.82 bits per heavy atom. The molecule has 0 N–H and O–H groups in total. The van der Waals surface area contributed by atoms with Gasteiger partial charge in [-0.2, -0.15) is 8.78 Å². The van der Waals surface area contributed by atoms with Crippen LogP contribution in [-0.4, -0.2) is 34.2 Å². The van der Waals surface area contributed by atoms with Gasteiger partial charge in [0.1, 0.15) is 11.6 Å². The van der Waals surface area contributed by atoms with Gasteiger partial charge in [0.25, 0.3) is 5.89 Å². The molecule has 1 aromatic heterocycles. The van der Waals surface area contributed by atoms with Crippen molar-refractivity contribution in [3.63, 3.8) is 0 Å². The van der Waals surface area contributed by atoms with E-state index in [9.17, 15) is 22.4 Å². The summed E-state index contributed by atoms with van der Waals surface area (Å²) in [5.74, 6) is -2.44. The monoisotopic (exact) mass is 482 g/mol. The number of urea groups is 1. The van der Waals surface area contributed by atoms with Gasteiger partial charge in [-0.05, 0) is 49.6 Å². The smallest absolute Gasteiger partial charge is 0.324 e. The summed E-state index contributed by atoms with van der Waals surface area (Å²) >= 11 is 5.92. The first-order chi connectivity index (χ1) is 15.8. The maximum absolute atomic E-state index is 15.0. The Morgan fingerprint density at radius 1 is 1.06 bits per heavy atom. The molecule has 11 heteroatoms. The number of likely N-dealkylation sites (tertiary alicyclic amines) is 1. The molecule has 0 unspecified atom stereocenters. The highest BCUT2D eigenvalue weighted by atomic mass is 35.5. The van der Waals surface area contributed by atoms with Gasteiger partial charge in [0.2, 0.25) is 5.89 Å². The molecule has 0 bridgehead atoms. The zero-order valence-corrected chi connectivity index (χ0v) is 18.0. The predicted molar refractivity (Wildman–Crippen MR) is 113 cm³/mol. The van der Waals surface area contributed by atoms with Crippen LogP contribution in [0.3, 0.4) is 0 Å². The van der Waals surface area contributed by atoms with E-state index in [1.165, 1.54) is 29.2 Å². The molecule has 2 amide bonds. The number of nitrogens with zero attached hydrogens (tertiary/aromatic N) is 4. The molecule has 0 spiro atoms. The van der Waals surface area contributed by atoms with Gasteiger partial charge in [-0.1, -0.05) is 17.7 Å². The number of carbonyl (C=O) groups excluding carboxylic acids is 1. The average molecular weight is 483 g/mol. The van der Waals surface area contributed by atoms with Crippen molar-refractivity contribution in [2.24, 2.45) is 0 Å². The molecule has 33 heavy (non-hydrogen) atoms. The molecule has 1 aliphatic heterocycles. The van der Waals surface area contributed by atoms with Crippen molar-refractivity contribution < 1.29 is 26.8 Å². The lowest BCUT2D eigenvalue weighted by atomic mass is 10.1. The third-order valence-electron chi connectivity index (χ3n) is 5.33. The summed E-state index contributed by atoms with van der Waals surface area (Å²) in [5, 5.41) is 6.58. The molecular weight excluding hydrogens is 464 g/mol. The van der Waals surface area contributed by atoms with E-state index in [0.717, 1.165) is 31.4 Å². The molecule has 2 aromatic carbocycles. The van der Waals surface area contributed by atoms with Crippen molar-refractivity contribution in [2.45, 2.75) is 32.2 Å². The summed E-state index contributed by atoms with van der Waals surface area (Å²) in [6.07, 6.45) is -0.201. The van der Waals surface area contributed by atoms with Crippen LogP contribution in [0.5, 0.6) is 0 Å². The first-order valence-electron chi connectivity index (χ1n) is 10.3. The standard InChI is InChI=1S/C22H19ClF4N4O2/c23-16-11-15(6-7-17(16)24)31(22(32)30-8-2-1-3-9-30)12-14-5-4-13(10-18(14)25)20-28-29-21(33-20)19(26)27/h4-7,10-11,19H,1-3,8-9,12H2. The fraction of sp³-hybridized carbons (Fsp3) is 0.318. The molecule has 0 atom stereocenters. The predicted octanol–water partition coefficient (Wildman–Crippen LogP) is 6.22. The Morgan fingerprint density at radius 3 is 2.45 bits per heavy atom. The minimum atomic E-state index is -2.94. The van der Waals surface area contributed by atoms with Gasteiger partial charge in [-0.3, -0.25) is 4.90 Å². The molecule has 0 radical (unpaired) electrons. The average Bonchev–Trinajstić information content (AvgIpc) is 3.31. The molecule has 1 aliphatic rings. The van der Waals surface area contributed by atoms with Crippen LogP contribution in [0, 0.1) is 11.6 Å². The summed E-state index contributed by atoms with van der Waals surface area (Å²) in [7, 11) is 0. The Bertz CT molecular complexity index is 1150. The van der Waals surface area contributed by atoms with E-state index in [4.69, 9.17) is 16.0 Å². The SMILES string of the molecule is O=C(N1CCCCC1)N(Cc1ccc(-c2nnc(C(F)F)o2)cc1F)c1ccc(F)c(Cl)c1. The summed E-state index contributed by atoms with van der Waals surface area (Å²) < 4.78 is 58.9. The second kappa shape index (κ2) is 9.78. The van der Waals surface area contributed by atoms with Gasteiger partial charge in [-0.25, -0.2) is 13.6 Å². The van der Waals surface area contributed by atoms with Gasteiger partial charge >= 0.3 is 12.5 Å². The first kappa shape index (κ1) is 23.0. The van der Waals surface area contributed by atoms with E-state index < -0.39 is 24.0 Å². The van der Waals surface area contributed by atoms with Crippen LogP contribution in [0.15, 0.2) is 40.8 Å². The van der Waals surface area contributed by atoms with Gasteiger partial charge in [-0.15, -0.1) is 10.2 Å². The Hall–Kier alpha value is -3.14. The third-order valence-corrected chi connectivity index (χ3v) is 5.62. The van der Waals surface area contributed by atoms with Crippen LogP contribution in [0.4, 0.5) is 28.0 Å². The molecule has 0 saturated carbocycles. The number of anilines is 1. The number of carbonyl (C=O) groups is 1. The van der Waals surface area contributed by atoms with Crippen LogP contribution in [0.2, 0.25) is 5.02 Å². The Balaban J connectivity index is 1.63. The van der Waals surface area contributed by atoms with Gasteiger partial charge < -0.3 is 9.32 Å². The first-order valence-corrected chi connectivity index (χ1v) is 10.6. The van der Waals surface area contributed by atoms with Crippen LogP contribution < -0.4 is 4.90 Å². The number of alkyl halides is 2. The van der Waals surface area contributed by atoms with Crippen molar-refractivity contribution in [3.05, 3.63) is 64.5 Å². The largest absolute Gasteiger partial charge is 0.415 e. The Kier molecular flexibility index (Phi) is 6.83. The number of hydrogen-bond donors (Lipinski definition) is 0. The van der Waals surface area contributed by atoms with Crippen molar-refractivity contribution in [1.82, 2.24) is 15.1 Å². The number of rotatable bonds is 5. The van der Waals surface area contributed by atoms with Gasteiger partial charge in [0.15, 0.2) is 0 Å². The van der Waals surface area contributed by atoms with Crippen LogP contribution in [0.25, 0.3) is 11.5 Å². The third kappa shape index (κ3) is 5.11. The lowest BCUT2D eigenvalue weighted by molar-refractivity contribution is 0.116. The summed E-state index contributed by atoms with van der Waals surface area (Å²) in [4.78, 5) is 16.2. The van der Waals surface area contributed by atoms with E-state index in [-0.39, 0.29) is 34.6 Å². The fourth-order valence-corrected chi connectivity index (χ4v) is 3.77. The lowest BCUT2D eigenvalue weighted by Gasteiger charge is -2.33. The number of aromatic nitrogens is 2. The maximum Gasteiger partial charge on any atom is 0.324 e. The van der Waals surface area contributed by atoms with E-state index in [2.05, 4.69) is 10.2 Å². The number of piperidine rings is 1. The molecule has 1 fully saturated rings. The summed E-state index contributed by atoms with van der Waals surface area (Å²) in [6.45, 7) is 0.972. The van der Waals surface area contributed by atoms with Crippen molar-refractivity contribution in [2.75, 3.05) is 18.0 Å². The maximum atomic E-state index is 15.0. The zero-order chi connectivity index (χ0) is 23.5. The summed E-state index contributed by atoms with van der Waals surface area (Å²) in [5.41, 5.74) is 0.589. The van der Waals surface area contributed by atoms with Crippen LogP contribution in [0.1, 0.15) is 37.1 Å². The van der Waals surface area contributed by atoms with Gasteiger partial charge in [0, 0.05) is 29.9 Å². The number of hydrogen-bond acceptors (Lipinski definition) is 4. The van der Waals surface area contributed by atoms with Crippen LogP contribution in [-0.2, 0) is 6.54 Å². The zero-order valence-electron chi connectivity index (χ0n) is 17.3. The summed E-state index contributed by atoms with van der Waals surface area (Å²) in [6, 6.07) is 7.41. The Labute approximate surface area is 191 Å². The van der Waals surface area contributed by atoms with E-state index >= 15 is 0 Å². The number of amides is 2. The molecule has 3 aromatic rings. The fourth-order valence-electron chi connectivity index (χ4n) is 3.60. The van der Waals surface area contributed by atoms with Crippen molar-refractivity contribution in [1.29, 1.82) is 0 Å². The molecule has 6 nitrogen and oxygen atoms in total. The molecule has 2 heterocycles. The molecular formula is C22H19ClF4N4O2. The highest BCUT2D eigenvalue weighted by Gasteiger charge is 2.26. The van der Waals surface area contributed by atoms with Crippen molar-refractivity contribution >= 4 is 23.3 Å². The van der Waals surface area contributed by atoms with E-state index in [1.54, 1.807) is 4.90 Å². The normalized spacial score (nSPS) is 14.1. The van der Waals surface area contributed by atoms with E-state index in [0.29, 0.717) is 18.8 Å². The van der Waals surface area contributed by atoms with E-state index in [1.807, 2.05) is 0 Å². The quantitative estimate of drug-likeness (QED) is 0.405. The second-order valence-electron chi connectivity index (χ2n) is 7.57. The molecule has 4 rings (SSSR count). The highest BCUT2D eigenvalue weighted by Crippen LogP contribution is 2.29. The number of halogens is 5. The highest BCUT2D eigenvalue weighted by molar-refractivity contribution is 6.31. The lowest BCUT2D eigenvalue weighted by Crippen LogP contribution is -2.45. The second-order valence-corrected chi connectivity index (χ2v) is 7.97. The minimum Gasteiger partial charge on any atom is -0.415 e. The minimum absolute atomic E-state index is 0.120. The topological polar surface area (TPSA) is 62.5 Å².